The number of anilines is 1. The van der Waals surface area contributed by atoms with Crippen molar-refractivity contribution < 1.29 is 9.53 Å². The molecular formula is C20H21ClN2O2S. The zero-order valence-corrected chi connectivity index (χ0v) is 16.2. The van der Waals surface area contributed by atoms with Crippen LogP contribution < -0.4 is 15.4 Å². The predicted molar refractivity (Wildman–Crippen MR) is 112 cm³/mol. The lowest BCUT2D eigenvalue weighted by molar-refractivity contribution is -0.115. The third-order valence-corrected chi connectivity index (χ3v) is 4.13. The Hall–Kier alpha value is -2.37. The van der Waals surface area contributed by atoms with Gasteiger partial charge >= 0.3 is 0 Å². The van der Waals surface area contributed by atoms with Gasteiger partial charge in [0, 0.05) is 16.8 Å². The summed E-state index contributed by atoms with van der Waals surface area (Å²) < 4.78 is 5.72. The number of hydrogen-bond acceptors (Lipinski definition) is 3. The first-order chi connectivity index (χ1) is 12.5. The van der Waals surface area contributed by atoms with E-state index in [1.165, 1.54) is 6.08 Å². The number of carbonyl (C=O) groups excluding carboxylic acids is 1. The number of hydrogen-bond donors (Lipinski definition) is 2. The molecule has 2 aromatic rings. The molecule has 0 aliphatic rings. The van der Waals surface area contributed by atoms with Crippen LogP contribution in [0.15, 0.2) is 54.6 Å². The highest BCUT2D eigenvalue weighted by Crippen LogP contribution is 2.18. The number of amides is 1. The van der Waals surface area contributed by atoms with Crippen LogP contribution in [0, 0.1) is 0 Å². The van der Waals surface area contributed by atoms with E-state index < -0.39 is 0 Å². The smallest absolute Gasteiger partial charge is 0.250 e. The lowest BCUT2D eigenvalue weighted by atomic mass is 10.2. The van der Waals surface area contributed by atoms with Gasteiger partial charge in [0.15, 0.2) is 5.11 Å². The molecule has 1 atom stereocenters. The van der Waals surface area contributed by atoms with Gasteiger partial charge in [0.1, 0.15) is 5.75 Å². The molecule has 6 heteroatoms. The third-order valence-electron chi connectivity index (χ3n) is 3.58. The Morgan fingerprint density at radius 3 is 2.58 bits per heavy atom. The van der Waals surface area contributed by atoms with Crippen molar-refractivity contribution >= 4 is 46.6 Å². The number of halogens is 1. The third kappa shape index (κ3) is 6.50. The molecule has 0 spiro atoms. The maximum atomic E-state index is 11.9. The summed E-state index contributed by atoms with van der Waals surface area (Å²) in [6.45, 7) is 4.09. The first kappa shape index (κ1) is 19.9. The molecule has 136 valence electrons. The number of rotatable bonds is 6. The summed E-state index contributed by atoms with van der Waals surface area (Å²) in [7, 11) is 0. The number of benzene rings is 2. The predicted octanol–water partition coefficient (Wildman–Crippen LogP) is 5.04. The quantitative estimate of drug-likeness (QED) is 0.537. The minimum Gasteiger partial charge on any atom is -0.491 e. The minimum atomic E-state index is -0.334. The Balaban J connectivity index is 1.86. The highest BCUT2D eigenvalue weighted by atomic mass is 35.5. The van der Waals surface area contributed by atoms with Crippen LogP contribution in [0.4, 0.5) is 5.69 Å². The highest BCUT2D eigenvalue weighted by molar-refractivity contribution is 7.80. The summed E-state index contributed by atoms with van der Waals surface area (Å²) in [4.78, 5) is 11.9. The molecule has 0 heterocycles. The fourth-order valence-electron chi connectivity index (χ4n) is 2.02. The molecular weight excluding hydrogens is 368 g/mol. The van der Waals surface area contributed by atoms with Crippen molar-refractivity contribution in [2.45, 2.75) is 26.4 Å². The van der Waals surface area contributed by atoms with Crippen LogP contribution in [0.2, 0.25) is 5.02 Å². The summed E-state index contributed by atoms with van der Waals surface area (Å²) in [6, 6.07) is 14.7. The zero-order valence-electron chi connectivity index (χ0n) is 14.7. The van der Waals surface area contributed by atoms with Crippen LogP contribution in [0.3, 0.4) is 0 Å². The second-order valence-electron chi connectivity index (χ2n) is 5.66. The van der Waals surface area contributed by atoms with Crippen molar-refractivity contribution in [2.24, 2.45) is 0 Å². The normalized spacial score (nSPS) is 11.8. The average Bonchev–Trinajstić information content (AvgIpc) is 2.62. The number of thiocarbonyl (C=S) groups is 1. The summed E-state index contributed by atoms with van der Waals surface area (Å²) >= 11 is 11.2. The number of ether oxygens (including phenoxy) is 1. The highest BCUT2D eigenvalue weighted by Gasteiger charge is 2.04. The number of carbonyl (C=O) groups is 1. The van der Waals surface area contributed by atoms with E-state index in [1.54, 1.807) is 12.1 Å². The van der Waals surface area contributed by atoms with Crippen LogP contribution in [0.25, 0.3) is 6.08 Å². The molecule has 0 saturated carbocycles. The molecule has 26 heavy (non-hydrogen) atoms. The largest absolute Gasteiger partial charge is 0.491 e. The van der Waals surface area contributed by atoms with Gasteiger partial charge in [0.25, 0.3) is 0 Å². The molecule has 0 radical (unpaired) electrons. The monoisotopic (exact) mass is 388 g/mol. The molecule has 4 nitrogen and oxygen atoms in total. The van der Waals surface area contributed by atoms with Gasteiger partial charge in [-0.15, -0.1) is 0 Å². The molecule has 2 aromatic carbocycles. The summed E-state index contributed by atoms with van der Waals surface area (Å²) in [5.41, 5.74) is 1.53. The molecule has 2 N–H and O–H groups in total. The van der Waals surface area contributed by atoms with Crippen molar-refractivity contribution in [3.8, 4) is 5.75 Å². The van der Waals surface area contributed by atoms with E-state index in [-0.39, 0.29) is 17.1 Å². The molecule has 0 fully saturated rings. The average molecular weight is 389 g/mol. The van der Waals surface area contributed by atoms with Gasteiger partial charge in [-0.05, 0) is 67.5 Å². The van der Waals surface area contributed by atoms with Gasteiger partial charge in [0.05, 0.1) is 6.10 Å². The van der Waals surface area contributed by atoms with E-state index in [9.17, 15) is 4.79 Å². The van der Waals surface area contributed by atoms with E-state index in [0.29, 0.717) is 5.02 Å². The van der Waals surface area contributed by atoms with Gasteiger partial charge in [-0.1, -0.05) is 36.7 Å². The fraction of sp³-hybridized carbons (Fsp3) is 0.200. The maximum absolute atomic E-state index is 11.9. The first-order valence-corrected chi connectivity index (χ1v) is 9.08. The Labute approximate surface area is 164 Å². The van der Waals surface area contributed by atoms with Crippen molar-refractivity contribution in [3.63, 3.8) is 0 Å². The molecule has 1 amide bonds. The second-order valence-corrected chi connectivity index (χ2v) is 6.47. The summed E-state index contributed by atoms with van der Waals surface area (Å²) in [6.07, 6.45) is 4.14. The van der Waals surface area contributed by atoms with E-state index in [0.717, 1.165) is 23.4 Å². The first-order valence-electron chi connectivity index (χ1n) is 8.29. The maximum Gasteiger partial charge on any atom is 0.250 e. The Morgan fingerprint density at radius 1 is 1.23 bits per heavy atom. The Bertz CT molecular complexity index is 791. The van der Waals surface area contributed by atoms with Crippen molar-refractivity contribution in [3.05, 3.63) is 65.2 Å². The molecule has 0 aromatic heterocycles. The second kappa shape index (κ2) is 9.94. The van der Waals surface area contributed by atoms with Gasteiger partial charge in [0.2, 0.25) is 5.91 Å². The van der Waals surface area contributed by atoms with Crippen molar-refractivity contribution in [1.82, 2.24) is 5.32 Å². The zero-order chi connectivity index (χ0) is 18.9. The van der Waals surface area contributed by atoms with Gasteiger partial charge < -0.3 is 10.1 Å². The van der Waals surface area contributed by atoms with Crippen LogP contribution >= 0.6 is 23.8 Å². The van der Waals surface area contributed by atoms with Crippen LogP contribution in [0.1, 0.15) is 25.8 Å². The van der Waals surface area contributed by atoms with Gasteiger partial charge in [-0.2, -0.15) is 0 Å². The minimum absolute atomic E-state index is 0.166. The van der Waals surface area contributed by atoms with E-state index in [1.807, 2.05) is 49.4 Å². The standard InChI is InChI=1S/C20H21ClN2O2S/c1-3-14(2)25-17-11-9-16(10-12-17)22-20(26)23-19(24)13-8-15-6-4-5-7-18(15)21/h4-14H,3H2,1-2H3,(H2,22,23,24,26)/b13-8+. The van der Waals surface area contributed by atoms with Crippen molar-refractivity contribution in [2.75, 3.05) is 5.32 Å². The lowest BCUT2D eigenvalue weighted by Gasteiger charge is -2.13. The lowest BCUT2D eigenvalue weighted by Crippen LogP contribution is -2.32. The van der Waals surface area contributed by atoms with Crippen LogP contribution in [-0.2, 0) is 4.79 Å². The SMILES string of the molecule is CCC(C)Oc1ccc(NC(=S)NC(=O)/C=C/c2ccccc2Cl)cc1. The Morgan fingerprint density at radius 2 is 1.92 bits per heavy atom. The Kier molecular flexibility index (Phi) is 7.63. The van der Waals surface area contributed by atoms with Crippen molar-refractivity contribution in [1.29, 1.82) is 0 Å². The fourth-order valence-corrected chi connectivity index (χ4v) is 2.44. The van der Waals surface area contributed by atoms with E-state index in [4.69, 9.17) is 28.6 Å². The summed E-state index contributed by atoms with van der Waals surface area (Å²) in [5.74, 6) is 0.460. The molecule has 0 aliphatic carbocycles. The van der Waals surface area contributed by atoms with Crippen LogP contribution in [-0.4, -0.2) is 17.1 Å². The van der Waals surface area contributed by atoms with Gasteiger partial charge in [-0.3, -0.25) is 10.1 Å². The molecule has 0 saturated heterocycles. The summed E-state index contributed by atoms with van der Waals surface area (Å²) in [5, 5.41) is 6.35. The van der Waals surface area contributed by atoms with E-state index in [2.05, 4.69) is 17.6 Å². The van der Waals surface area contributed by atoms with E-state index >= 15 is 0 Å². The van der Waals surface area contributed by atoms with Crippen LogP contribution in [0.5, 0.6) is 5.75 Å². The topological polar surface area (TPSA) is 50.4 Å². The van der Waals surface area contributed by atoms with Gasteiger partial charge in [-0.25, -0.2) is 0 Å². The number of nitrogens with one attached hydrogen (secondary N) is 2. The molecule has 0 aliphatic heterocycles. The molecule has 1 unspecified atom stereocenters. The molecule has 2 rings (SSSR count). The molecule has 0 bridgehead atoms.